The fraction of sp³-hybridized carbons (Fsp3) is 0.400. The van der Waals surface area contributed by atoms with Gasteiger partial charge in [-0.25, -0.2) is 4.79 Å². The fourth-order valence-corrected chi connectivity index (χ4v) is 0.521. The molecule has 4 heteroatoms. The third kappa shape index (κ3) is 1.20. The minimum atomic E-state index is -0.396. The van der Waals surface area contributed by atoms with E-state index in [2.05, 4.69) is 15.1 Å². The first-order chi connectivity index (χ1) is 4.34. The number of methoxy groups -OCH3 is 1. The van der Waals surface area contributed by atoms with Crippen molar-refractivity contribution in [3.8, 4) is 0 Å². The van der Waals surface area contributed by atoms with Crippen molar-refractivity contribution < 1.29 is 14.4 Å². The van der Waals surface area contributed by atoms with Gasteiger partial charge in [0.2, 0.25) is 0 Å². The average molecular weight is 129 g/mol. The Morgan fingerprint density at radius 1 is 2.00 bits per heavy atom. The van der Waals surface area contributed by atoms with E-state index in [0.717, 1.165) is 0 Å². The van der Waals surface area contributed by atoms with Crippen LogP contribution in [-0.2, 0) is 14.4 Å². The van der Waals surface area contributed by atoms with Gasteiger partial charge in [-0.15, -0.1) is 0 Å². The van der Waals surface area contributed by atoms with Gasteiger partial charge in [0.1, 0.15) is 5.70 Å². The molecule has 0 aromatic carbocycles. The van der Waals surface area contributed by atoms with Crippen LogP contribution in [0.2, 0.25) is 0 Å². The summed E-state index contributed by atoms with van der Waals surface area (Å²) >= 11 is 0. The van der Waals surface area contributed by atoms with E-state index in [4.69, 9.17) is 0 Å². The zero-order valence-electron chi connectivity index (χ0n) is 5.01. The molecule has 0 unspecified atom stereocenters. The lowest BCUT2D eigenvalue weighted by Gasteiger charge is -1.97. The number of rotatable bonds is 1. The van der Waals surface area contributed by atoms with E-state index in [-0.39, 0.29) is 0 Å². The first kappa shape index (κ1) is 6.10. The Hall–Kier alpha value is -1.03. The van der Waals surface area contributed by atoms with Crippen LogP contribution >= 0.6 is 0 Å². The quantitative estimate of drug-likeness (QED) is 0.488. The Morgan fingerprint density at radius 3 is 3.22 bits per heavy atom. The van der Waals surface area contributed by atoms with Gasteiger partial charge in [0.25, 0.3) is 0 Å². The minimum absolute atomic E-state index is 0.373. The van der Waals surface area contributed by atoms with Gasteiger partial charge in [0, 0.05) is 0 Å². The summed E-state index contributed by atoms with van der Waals surface area (Å²) in [4.78, 5) is 15.2. The third-order valence-corrected chi connectivity index (χ3v) is 0.958. The second-order valence-corrected chi connectivity index (χ2v) is 1.52. The highest BCUT2D eigenvalue weighted by molar-refractivity contribution is 5.87. The van der Waals surface area contributed by atoms with E-state index in [1.807, 2.05) is 0 Å². The molecule has 0 amide bonds. The van der Waals surface area contributed by atoms with Crippen molar-refractivity contribution in [2.45, 2.75) is 0 Å². The summed E-state index contributed by atoms with van der Waals surface area (Å²) in [6.07, 6.45) is 1.62. The molecule has 0 saturated heterocycles. The van der Waals surface area contributed by atoms with Gasteiger partial charge in [0.15, 0.2) is 0 Å². The van der Waals surface area contributed by atoms with Crippen LogP contribution in [0.5, 0.6) is 0 Å². The summed E-state index contributed by atoms with van der Waals surface area (Å²) in [5.74, 6) is -0.396. The number of carbonyl (C=O) groups is 1. The van der Waals surface area contributed by atoms with E-state index in [1.165, 1.54) is 7.11 Å². The molecule has 9 heavy (non-hydrogen) atoms. The Labute approximate surface area is 52.4 Å². The summed E-state index contributed by atoms with van der Waals surface area (Å²) in [5, 5.41) is 0. The molecule has 1 aliphatic heterocycles. The summed E-state index contributed by atoms with van der Waals surface area (Å²) < 4.78 is 4.38. The predicted octanol–water partition coefficient (Wildman–Crippen LogP) is -0.422. The van der Waals surface area contributed by atoms with E-state index in [1.54, 1.807) is 6.08 Å². The number of nitrogens with one attached hydrogen (secondary N) is 1. The Balaban J connectivity index is 2.51. The molecule has 0 radical (unpaired) electrons. The number of hydrogen-bond acceptors (Lipinski definition) is 4. The van der Waals surface area contributed by atoms with Gasteiger partial charge < -0.3 is 4.74 Å². The SMILES string of the molecule is COC(=O)C1=CCON1. The molecular weight excluding hydrogens is 122 g/mol. The Kier molecular flexibility index (Phi) is 1.69. The fourth-order valence-electron chi connectivity index (χ4n) is 0.521. The first-order valence-electron chi connectivity index (χ1n) is 2.51. The lowest BCUT2D eigenvalue weighted by atomic mass is 10.4. The highest BCUT2D eigenvalue weighted by atomic mass is 16.7. The van der Waals surface area contributed by atoms with Crippen LogP contribution in [0.25, 0.3) is 0 Å². The van der Waals surface area contributed by atoms with E-state index >= 15 is 0 Å². The van der Waals surface area contributed by atoms with Gasteiger partial charge in [-0.2, -0.15) is 0 Å². The molecule has 0 aromatic rings. The van der Waals surface area contributed by atoms with Crippen molar-refractivity contribution in [2.75, 3.05) is 13.7 Å². The van der Waals surface area contributed by atoms with Crippen LogP contribution in [0.4, 0.5) is 0 Å². The van der Waals surface area contributed by atoms with Crippen molar-refractivity contribution >= 4 is 5.97 Å². The van der Waals surface area contributed by atoms with Gasteiger partial charge in [0.05, 0.1) is 13.7 Å². The lowest BCUT2D eigenvalue weighted by Crippen LogP contribution is -2.15. The molecule has 4 nitrogen and oxygen atoms in total. The second kappa shape index (κ2) is 2.50. The lowest BCUT2D eigenvalue weighted by molar-refractivity contribution is -0.137. The smallest absolute Gasteiger partial charge is 0.356 e. The number of ether oxygens (including phenoxy) is 1. The van der Waals surface area contributed by atoms with Gasteiger partial charge in [-0.05, 0) is 6.08 Å². The molecule has 1 heterocycles. The van der Waals surface area contributed by atoms with Gasteiger partial charge >= 0.3 is 5.97 Å². The number of carbonyl (C=O) groups excluding carboxylic acids is 1. The standard InChI is InChI=1S/C5H7NO3/c1-8-5(7)4-2-3-9-6-4/h2,6H,3H2,1H3. The monoisotopic (exact) mass is 129 g/mol. The molecule has 0 aliphatic carbocycles. The van der Waals surface area contributed by atoms with Crippen molar-refractivity contribution in [2.24, 2.45) is 0 Å². The summed E-state index contributed by atoms with van der Waals surface area (Å²) in [6.45, 7) is 0.421. The number of hydrogen-bond donors (Lipinski definition) is 1. The number of hydroxylamine groups is 1. The molecule has 1 aliphatic rings. The molecule has 50 valence electrons. The normalized spacial score (nSPS) is 16.3. The molecule has 0 bridgehead atoms. The molecule has 0 aromatic heterocycles. The van der Waals surface area contributed by atoms with Crippen molar-refractivity contribution in [1.29, 1.82) is 0 Å². The topological polar surface area (TPSA) is 47.6 Å². The zero-order valence-corrected chi connectivity index (χ0v) is 5.01. The van der Waals surface area contributed by atoms with Crippen molar-refractivity contribution in [3.63, 3.8) is 0 Å². The van der Waals surface area contributed by atoms with E-state index in [9.17, 15) is 4.79 Å². The highest BCUT2D eigenvalue weighted by Gasteiger charge is 2.12. The maximum atomic E-state index is 10.6. The third-order valence-electron chi connectivity index (χ3n) is 0.958. The number of esters is 1. The van der Waals surface area contributed by atoms with E-state index < -0.39 is 5.97 Å². The molecule has 0 atom stereocenters. The molecular formula is C5H7NO3. The van der Waals surface area contributed by atoms with Crippen LogP contribution in [0.3, 0.4) is 0 Å². The largest absolute Gasteiger partial charge is 0.464 e. The maximum absolute atomic E-state index is 10.6. The minimum Gasteiger partial charge on any atom is -0.464 e. The Morgan fingerprint density at radius 2 is 2.78 bits per heavy atom. The highest BCUT2D eigenvalue weighted by Crippen LogP contribution is 1.98. The average Bonchev–Trinajstić information content (AvgIpc) is 2.37. The maximum Gasteiger partial charge on any atom is 0.356 e. The molecule has 0 fully saturated rings. The zero-order chi connectivity index (χ0) is 6.69. The molecule has 0 saturated carbocycles. The molecule has 1 N–H and O–H groups in total. The molecule has 1 rings (SSSR count). The van der Waals surface area contributed by atoms with Crippen LogP contribution in [0.15, 0.2) is 11.8 Å². The van der Waals surface area contributed by atoms with Crippen molar-refractivity contribution in [3.05, 3.63) is 11.8 Å². The molecule has 0 spiro atoms. The van der Waals surface area contributed by atoms with Crippen LogP contribution in [-0.4, -0.2) is 19.7 Å². The van der Waals surface area contributed by atoms with Crippen LogP contribution < -0.4 is 5.48 Å². The van der Waals surface area contributed by atoms with E-state index in [0.29, 0.717) is 12.3 Å². The Bertz CT molecular complexity index is 152. The second-order valence-electron chi connectivity index (χ2n) is 1.52. The first-order valence-corrected chi connectivity index (χ1v) is 2.51. The van der Waals surface area contributed by atoms with Gasteiger partial charge in [-0.3, -0.25) is 10.3 Å². The predicted molar refractivity (Wildman–Crippen MR) is 29.2 cm³/mol. The van der Waals surface area contributed by atoms with Crippen LogP contribution in [0.1, 0.15) is 0 Å². The van der Waals surface area contributed by atoms with Crippen molar-refractivity contribution in [1.82, 2.24) is 5.48 Å². The van der Waals surface area contributed by atoms with Crippen LogP contribution in [0, 0.1) is 0 Å². The summed E-state index contributed by atoms with van der Waals surface area (Å²) in [5.41, 5.74) is 2.77. The summed E-state index contributed by atoms with van der Waals surface area (Å²) in [6, 6.07) is 0. The summed E-state index contributed by atoms with van der Waals surface area (Å²) in [7, 11) is 1.32. The van der Waals surface area contributed by atoms with Gasteiger partial charge in [-0.1, -0.05) is 0 Å².